The lowest BCUT2D eigenvalue weighted by Gasteiger charge is -2.15. The van der Waals surface area contributed by atoms with Gasteiger partial charge in [-0.2, -0.15) is 0 Å². The summed E-state index contributed by atoms with van der Waals surface area (Å²) in [7, 11) is 1.62. The van der Waals surface area contributed by atoms with E-state index in [1.165, 1.54) is 0 Å². The maximum Gasteiger partial charge on any atom is 0.303 e. The Morgan fingerprint density at radius 3 is 2.61 bits per heavy atom. The topological polar surface area (TPSA) is 46.5 Å². The van der Waals surface area contributed by atoms with E-state index >= 15 is 0 Å². The molecule has 3 nitrogen and oxygen atoms in total. The molecule has 0 saturated carbocycles. The quantitative estimate of drug-likeness (QED) is 0.853. The molecular weight excluding hydrogens is 252 g/mol. The molecule has 0 aliphatic carbocycles. The van der Waals surface area contributed by atoms with E-state index in [1.807, 2.05) is 12.1 Å². The van der Waals surface area contributed by atoms with E-state index in [4.69, 9.17) is 21.4 Å². The van der Waals surface area contributed by atoms with Crippen molar-refractivity contribution in [3.63, 3.8) is 0 Å². The van der Waals surface area contributed by atoms with Crippen LogP contribution in [0.2, 0.25) is 5.02 Å². The number of methoxy groups -OCH3 is 1. The van der Waals surface area contributed by atoms with Crippen LogP contribution in [0, 0.1) is 0 Å². The smallest absolute Gasteiger partial charge is 0.303 e. The number of carbonyl (C=O) groups is 1. The molecule has 0 aliphatic heterocycles. The molecule has 0 unspecified atom stereocenters. The molecule has 0 bridgehead atoms. The van der Waals surface area contributed by atoms with E-state index in [1.54, 1.807) is 7.11 Å². The number of carboxylic acid groups (broad SMARTS) is 1. The maximum atomic E-state index is 10.5. The monoisotopic (exact) mass is 270 g/mol. The van der Waals surface area contributed by atoms with Gasteiger partial charge in [0.15, 0.2) is 0 Å². The SMILES string of the molecule is COc1cc(CCCC(=O)O)cc(Cl)c1C(C)C. The normalized spacial score (nSPS) is 10.7. The van der Waals surface area contributed by atoms with Crippen LogP contribution < -0.4 is 4.74 Å². The number of hydrogen-bond acceptors (Lipinski definition) is 2. The highest BCUT2D eigenvalue weighted by molar-refractivity contribution is 6.31. The van der Waals surface area contributed by atoms with Crippen molar-refractivity contribution in [3.8, 4) is 5.75 Å². The molecule has 0 fully saturated rings. The van der Waals surface area contributed by atoms with Gasteiger partial charge in [-0.05, 0) is 36.5 Å². The molecule has 1 rings (SSSR count). The molecule has 1 aromatic carbocycles. The highest BCUT2D eigenvalue weighted by atomic mass is 35.5. The van der Waals surface area contributed by atoms with Crippen molar-refractivity contribution in [1.29, 1.82) is 0 Å². The second-order valence-corrected chi connectivity index (χ2v) is 5.00. The van der Waals surface area contributed by atoms with Crippen LogP contribution in [0.3, 0.4) is 0 Å². The highest BCUT2D eigenvalue weighted by Crippen LogP contribution is 2.34. The first-order chi connectivity index (χ1) is 8.45. The Kier molecular flexibility index (Phi) is 5.48. The molecule has 0 radical (unpaired) electrons. The summed E-state index contributed by atoms with van der Waals surface area (Å²) in [5.74, 6) is 0.301. The van der Waals surface area contributed by atoms with Gasteiger partial charge < -0.3 is 9.84 Å². The van der Waals surface area contributed by atoms with Gasteiger partial charge in [0, 0.05) is 17.0 Å². The molecule has 18 heavy (non-hydrogen) atoms. The zero-order chi connectivity index (χ0) is 13.7. The summed E-state index contributed by atoms with van der Waals surface area (Å²) in [6, 6.07) is 3.85. The maximum absolute atomic E-state index is 10.5. The van der Waals surface area contributed by atoms with Gasteiger partial charge in [-0.15, -0.1) is 0 Å². The molecular formula is C14H19ClO3. The fraction of sp³-hybridized carbons (Fsp3) is 0.500. The fourth-order valence-corrected chi connectivity index (χ4v) is 2.41. The first kappa shape index (κ1) is 14.8. The summed E-state index contributed by atoms with van der Waals surface area (Å²) in [6.07, 6.45) is 1.47. The standard InChI is InChI=1S/C14H19ClO3/c1-9(2)14-11(15)7-10(8-12(14)18-3)5-4-6-13(16)17/h7-9H,4-6H2,1-3H3,(H,16,17). The minimum atomic E-state index is -0.771. The summed E-state index contributed by atoms with van der Waals surface area (Å²) in [5.41, 5.74) is 2.02. The lowest BCUT2D eigenvalue weighted by Crippen LogP contribution is -1.99. The zero-order valence-corrected chi connectivity index (χ0v) is 11.8. The van der Waals surface area contributed by atoms with Gasteiger partial charge in [0.05, 0.1) is 7.11 Å². The number of aliphatic carboxylic acids is 1. The van der Waals surface area contributed by atoms with Crippen LogP contribution >= 0.6 is 11.6 Å². The Hall–Kier alpha value is -1.22. The summed E-state index contributed by atoms with van der Waals surface area (Å²) in [6.45, 7) is 4.13. The number of halogens is 1. The van der Waals surface area contributed by atoms with Gasteiger partial charge in [0.1, 0.15) is 5.75 Å². The molecule has 0 heterocycles. The Morgan fingerprint density at radius 1 is 1.44 bits per heavy atom. The molecule has 0 aromatic heterocycles. The highest BCUT2D eigenvalue weighted by Gasteiger charge is 2.13. The van der Waals surface area contributed by atoms with E-state index < -0.39 is 5.97 Å². The van der Waals surface area contributed by atoms with Crippen LogP contribution in [0.25, 0.3) is 0 Å². The molecule has 0 saturated heterocycles. The van der Waals surface area contributed by atoms with Crippen LogP contribution in [-0.2, 0) is 11.2 Å². The van der Waals surface area contributed by atoms with Crippen molar-refractivity contribution >= 4 is 17.6 Å². The summed E-state index contributed by atoms with van der Waals surface area (Å²) in [4.78, 5) is 10.5. The van der Waals surface area contributed by atoms with E-state index in [-0.39, 0.29) is 6.42 Å². The van der Waals surface area contributed by atoms with Crippen molar-refractivity contribution in [2.45, 2.75) is 39.0 Å². The fourth-order valence-electron chi connectivity index (χ4n) is 1.96. The van der Waals surface area contributed by atoms with Gasteiger partial charge in [0.25, 0.3) is 0 Å². The van der Waals surface area contributed by atoms with Gasteiger partial charge in [-0.3, -0.25) is 4.79 Å². The van der Waals surface area contributed by atoms with Crippen molar-refractivity contribution in [1.82, 2.24) is 0 Å². The number of rotatable bonds is 6. The number of benzene rings is 1. The van der Waals surface area contributed by atoms with Crippen LogP contribution in [0.1, 0.15) is 43.7 Å². The second kappa shape index (κ2) is 6.64. The first-order valence-electron chi connectivity index (χ1n) is 6.03. The second-order valence-electron chi connectivity index (χ2n) is 4.60. The van der Waals surface area contributed by atoms with Crippen LogP contribution in [0.5, 0.6) is 5.75 Å². The van der Waals surface area contributed by atoms with E-state index in [9.17, 15) is 4.79 Å². The molecule has 0 aliphatic rings. The van der Waals surface area contributed by atoms with E-state index in [0.29, 0.717) is 23.8 Å². The van der Waals surface area contributed by atoms with Gasteiger partial charge in [-0.1, -0.05) is 25.4 Å². The zero-order valence-electron chi connectivity index (χ0n) is 11.0. The molecule has 100 valence electrons. The number of carboxylic acids is 1. The van der Waals surface area contributed by atoms with Crippen molar-refractivity contribution < 1.29 is 14.6 Å². The number of aryl methyl sites for hydroxylation is 1. The lowest BCUT2D eigenvalue weighted by molar-refractivity contribution is -0.137. The summed E-state index contributed by atoms with van der Waals surface area (Å²) >= 11 is 6.25. The molecule has 0 spiro atoms. The molecule has 1 aromatic rings. The average Bonchev–Trinajstić information content (AvgIpc) is 2.26. The first-order valence-corrected chi connectivity index (χ1v) is 6.41. The van der Waals surface area contributed by atoms with Crippen LogP contribution in [0.15, 0.2) is 12.1 Å². The predicted molar refractivity (Wildman–Crippen MR) is 72.7 cm³/mol. The van der Waals surface area contributed by atoms with Gasteiger partial charge >= 0.3 is 5.97 Å². The summed E-state index contributed by atoms with van der Waals surface area (Å²) in [5, 5.41) is 9.30. The largest absolute Gasteiger partial charge is 0.496 e. The molecule has 4 heteroatoms. The predicted octanol–water partition coefficient (Wildman–Crippen LogP) is 3.88. The average molecular weight is 271 g/mol. The Balaban J connectivity index is 2.89. The Bertz CT molecular complexity index is 427. The molecule has 1 N–H and O–H groups in total. The summed E-state index contributed by atoms with van der Waals surface area (Å²) < 4.78 is 5.35. The van der Waals surface area contributed by atoms with Gasteiger partial charge in [0.2, 0.25) is 0 Å². The van der Waals surface area contributed by atoms with Crippen molar-refractivity contribution in [2.24, 2.45) is 0 Å². The third kappa shape index (κ3) is 3.91. The Labute approximate surface area is 113 Å². The van der Waals surface area contributed by atoms with Crippen LogP contribution in [-0.4, -0.2) is 18.2 Å². The van der Waals surface area contributed by atoms with Crippen molar-refractivity contribution in [3.05, 3.63) is 28.3 Å². The molecule has 0 amide bonds. The van der Waals surface area contributed by atoms with E-state index in [0.717, 1.165) is 16.9 Å². The van der Waals surface area contributed by atoms with Crippen LogP contribution in [0.4, 0.5) is 0 Å². The Morgan fingerprint density at radius 2 is 2.11 bits per heavy atom. The molecule has 0 atom stereocenters. The third-order valence-electron chi connectivity index (χ3n) is 2.80. The van der Waals surface area contributed by atoms with Crippen molar-refractivity contribution in [2.75, 3.05) is 7.11 Å². The minimum Gasteiger partial charge on any atom is -0.496 e. The van der Waals surface area contributed by atoms with Gasteiger partial charge in [-0.25, -0.2) is 0 Å². The number of ether oxygens (including phenoxy) is 1. The lowest BCUT2D eigenvalue weighted by atomic mass is 9.98. The third-order valence-corrected chi connectivity index (χ3v) is 3.12. The van der Waals surface area contributed by atoms with E-state index in [2.05, 4.69) is 13.8 Å². The number of hydrogen-bond donors (Lipinski definition) is 1. The minimum absolute atomic E-state index is 0.172.